The molecule has 6 aromatic rings. The van der Waals surface area contributed by atoms with Gasteiger partial charge >= 0.3 is 0 Å². The van der Waals surface area contributed by atoms with Crippen molar-refractivity contribution in [3.63, 3.8) is 0 Å². The Balaban J connectivity index is 0.990. The Bertz CT molecular complexity index is 2600. The van der Waals surface area contributed by atoms with E-state index in [1.165, 1.54) is 95.3 Å². The number of ether oxygens (including phenoxy) is 2. The van der Waals surface area contributed by atoms with Gasteiger partial charge in [-0.1, -0.05) is 123 Å². The zero-order valence-corrected chi connectivity index (χ0v) is 36.9. The third kappa shape index (κ3) is 6.70. The zero-order valence-electron chi connectivity index (χ0n) is 36.9. The monoisotopic (exact) mass is 819 g/mol. The molecule has 3 fully saturated rings. The summed E-state index contributed by atoms with van der Waals surface area (Å²) < 4.78 is 14.1. The molecular weight excluding hydrogens is 759 g/mol. The molecule has 5 aliphatic rings. The van der Waals surface area contributed by atoms with Crippen LogP contribution in [0.2, 0.25) is 0 Å². The minimum atomic E-state index is -0.822. The topological polar surface area (TPSA) is 28.2 Å². The van der Waals surface area contributed by atoms with Crippen molar-refractivity contribution in [3.8, 4) is 22.6 Å². The fraction of sp³-hybridized carbons (Fsp3) is 0.368. The molecule has 1 unspecified atom stereocenters. The van der Waals surface area contributed by atoms with Crippen LogP contribution in [0.1, 0.15) is 92.2 Å². The van der Waals surface area contributed by atoms with Gasteiger partial charge in [-0.15, -0.1) is 0 Å². The predicted molar refractivity (Wildman–Crippen MR) is 257 cm³/mol. The fourth-order valence-electron chi connectivity index (χ4n) is 12.1. The van der Waals surface area contributed by atoms with Gasteiger partial charge in [-0.3, -0.25) is 0 Å². The number of methoxy groups -OCH3 is 1. The highest BCUT2D eigenvalue weighted by molar-refractivity contribution is 6.10. The van der Waals surface area contributed by atoms with E-state index in [0.717, 1.165) is 79.5 Å². The zero-order chi connectivity index (χ0) is 41.8. The molecule has 1 aliphatic carbocycles. The summed E-state index contributed by atoms with van der Waals surface area (Å²) >= 11 is 0. The van der Waals surface area contributed by atoms with Gasteiger partial charge in [-0.25, -0.2) is 0 Å². The number of rotatable bonds is 8. The summed E-state index contributed by atoms with van der Waals surface area (Å²) in [6, 6.07) is 45.7. The molecule has 5 heteroatoms. The van der Waals surface area contributed by atoms with Crippen LogP contribution in [0.25, 0.3) is 28.0 Å². The lowest BCUT2D eigenvalue weighted by atomic mass is 9.76. The van der Waals surface area contributed by atoms with Gasteiger partial charge < -0.3 is 24.2 Å². The normalized spacial score (nSPS) is 21.3. The second-order valence-corrected chi connectivity index (χ2v) is 19.3. The van der Waals surface area contributed by atoms with E-state index in [1.54, 1.807) is 0 Å². The van der Waals surface area contributed by atoms with Gasteiger partial charge in [-0.2, -0.15) is 0 Å². The molecule has 4 aliphatic heterocycles. The van der Waals surface area contributed by atoms with Crippen molar-refractivity contribution in [1.29, 1.82) is 0 Å². The van der Waals surface area contributed by atoms with Crippen LogP contribution in [0.15, 0.2) is 127 Å². The number of likely N-dealkylation sites (tertiary alicyclic amines) is 1. The molecule has 11 rings (SSSR count). The van der Waals surface area contributed by atoms with Crippen LogP contribution < -0.4 is 19.3 Å². The van der Waals surface area contributed by atoms with E-state index in [0.29, 0.717) is 5.92 Å². The first kappa shape index (κ1) is 39.3. The number of anilines is 2. The summed E-state index contributed by atoms with van der Waals surface area (Å²) in [6.45, 7) is 11.6. The van der Waals surface area contributed by atoms with Crippen LogP contribution in [0.5, 0.6) is 11.5 Å². The van der Waals surface area contributed by atoms with Crippen LogP contribution in [0.3, 0.4) is 0 Å². The van der Waals surface area contributed by atoms with Crippen molar-refractivity contribution in [2.75, 3.05) is 56.2 Å². The molecule has 0 N–H and O–H groups in total. The summed E-state index contributed by atoms with van der Waals surface area (Å²) in [5, 5.41) is 2.34. The van der Waals surface area contributed by atoms with E-state index < -0.39 is 5.60 Å². The van der Waals surface area contributed by atoms with Crippen LogP contribution in [0.4, 0.5) is 11.4 Å². The van der Waals surface area contributed by atoms with Crippen molar-refractivity contribution in [2.24, 2.45) is 5.92 Å². The first-order valence-corrected chi connectivity index (χ1v) is 23.6. The maximum atomic E-state index is 7.77. The van der Waals surface area contributed by atoms with Crippen molar-refractivity contribution < 1.29 is 9.47 Å². The Hall–Kier alpha value is -5.52. The summed E-state index contributed by atoms with van der Waals surface area (Å²) in [7, 11) is 1.83. The lowest BCUT2D eigenvalue weighted by molar-refractivity contribution is 0.141. The Morgan fingerprint density at radius 1 is 0.661 bits per heavy atom. The lowest BCUT2D eigenvalue weighted by Gasteiger charge is -2.41. The van der Waals surface area contributed by atoms with Gasteiger partial charge in [0, 0.05) is 65.4 Å². The molecule has 0 spiro atoms. The molecule has 0 bridgehead atoms. The van der Waals surface area contributed by atoms with Crippen molar-refractivity contribution in [1.82, 2.24) is 4.90 Å². The molecule has 6 aromatic carbocycles. The Morgan fingerprint density at radius 2 is 1.32 bits per heavy atom. The summed E-state index contributed by atoms with van der Waals surface area (Å²) in [5.74, 6) is 2.52. The first-order chi connectivity index (χ1) is 30.4. The number of piperidine rings is 3. The second-order valence-electron chi connectivity index (χ2n) is 19.3. The maximum Gasteiger partial charge on any atom is 0.178 e. The van der Waals surface area contributed by atoms with Crippen LogP contribution in [-0.4, -0.2) is 57.3 Å². The van der Waals surface area contributed by atoms with E-state index in [1.807, 2.05) is 7.11 Å². The number of hydrogen-bond donors (Lipinski definition) is 0. The minimum absolute atomic E-state index is 0.219. The van der Waals surface area contributed by atoms with Crippen LogP contribution >= 0.6 is 0 Å². The number of hydrogen-bond acceptors (Lipinski definition) is 5. The van der Waals surface area contributed by atoms with Gasteiger partial charge in [0.1, 0.15) is 11.5 Å². The molecule has 3 saturated heterocycles. The Labute approximate surface area is 369 Å². The van der Waals surface area contributed by atoms with E-state index in [2.05, 4.69) is 162 Å². The average Bonchev–Trinajstić information content (AvgIpc) is 3.58. The smallest absolute Gasteiger partial charge is 0.178 e. The number of nitrogens with zero attached hydrogens (tertiary/aromatic N) is 3. The summed E-state index contributed by atoms with van der Waals surface area (Å²) in [4.78, 5) is 7.94. The summed E-state index contributed by atoms with van der Waals surface area (Å²) in [5.41, 5.74) is 11.7. The highest BCUT2D eigenvalue weighted by Gasteiger charge is 2.44. The van der Waals surface area contributed by atoms with Gasteiger partial charge in [0.25, 0.3) is 0 Å². The Morgan fingerprint density at radius 3 is 2.05 bits per heavy atom. The average molecular weight is 820 g/mol. The standard InChI is InChI=1S/C57H61N3O2/c1-56(2)50-20-12-11-19-46(50)53-48-38-51(60-33-26-41(27-34-60)37-40-15-7-4-8-16-40)52(61-3)39-49(48)55-47(54(53)56)25-30-57(62-55,42-17-9-5-10-18-42)43-21-23-44(24-22-43)59-35-28-45(29-36-59)58-31-13-6-14-32-58/h4-5,7-12,15-25,30,38-39,41,45H,6,13-14,26-29,31-37H2,1-3H3. The predicted octanol–water partition coefficient (Wildman–Crippen LogP) is 12.4. The largest absolute Gasteiger partial charge is 0.495 e. The van der Waals surface area contributed by atoms with E-state index in [9.17, 15) is 0 Å². The first-order valence-electron chi connectivity index (χ1n) is 23.6. The Kier molecular flexibility index (Phi) is 10.1. The molecule has 0 amide bonds. The fourth-order valence-corrected chi connectivity index (χ4v) is 12.1. The molecule has 0 aromatic heterocycles. The van der Waals surface area contributed by atoms with Gasteiger partial charge in [-0.05, 0) is 127 Å². The lowest BCUT2D eigenvalue weighted by Crippen LogP contribution is -2.46. The van der Waals surface area contributed by atoms with Gasteiger partial charge in [0.05, 0.1) is 12.8 Å². The van der Waals surface area contributed by atoms with Crippen molar-refractivity contribution in [3.05, 3.63) is 161 Å². The van der Waals surface area contributed by atoms with E-state index >= 15 is 0 Å². The molecule has 5 nitrogen and oxygen atoms in total. The highest BCUT2D eigenvalue weighted by atomic mass is 16.5. The second kappa shape index (κ2) is 16.0. The van der Waals surface area contributed by atoms with Gasteiger partial charge in [0.15, 0.2) is 5.60 Å². The third-order valence-corrected chi connectivity index (χ3v) is 15.4. The van der Waals surface area contributed by atoms with E-state index in [-0.39, 0.29) is 5.41 Å². The van der Waals surface area contributed by atoms with Crippen LogP contribution in [-0.2, 0) is 17.4 Å². The molecule has 1 atom stereocenters. The quantitative estimate of drug-likeness (QED) is 0.153. The molecular formula is C57H61N3O2. The molecule has 316 valence electrons. The SMILES string of the molecule is COc1cc2c3c(c4c(c2cc1N1CCC(Cc2ccccc2)CC1)-c1ccccc1C4(C)C)C=CC(c1ccccc1)(c1ccc(N2CCC(N4CCCCC4)CC2)cc1)O3. The molecule has 0 saturated carbocycles. The maximum absolute atomic E-state index is 7.77. The number of fused-ring (bicyclic) bond motifs is 8. The van der Waals surface area contributed by atoms with E-state index in [4.69, 9.17) is 9.47 Å². The highest BCUT2D eigenvalue weighted by Crippen LogP contribution is 2.59. The van der Waals surface area contributed by atoms with Crippen molar-refractivity contribution in [2.45, 2.75) is 82.3 Å². The van der Waals surface area contributed by atoms with Crippen LogP contribution in [0, 0.1) is 5.92 Å². The molecule has 62 heavy (non-hydrogen) atoms. The minimum Gasteiger partial charge on any atom is -0.495 e. The molecule has 0 radical (unpaired) electrons. The third-order valence-electron chi connectivity index (χ3n) is 15.4. The summed E-state index contributed by atoms with van der Waals surface area (Å²) in [6.07, 6.45) is 14.8. The molecule has 4 heterocycles. The van der Waals surface area contributed by atoms with Gasteiger partial charge in [0.2, 0.25) is 0 Å². The number of benzene rings is 6. The van der Waals surface area contributed by atoms with Crippen molar-refractivity contribution >= 4 is 28.2 Å².